The molecular formula is C68H61FIr5N7-5. The molecule has 6 aromatic carbocycles. The van der Waals surface area contributed by atoms with Crippen molar-refractivity contribution in [3.63, 3.8) is 0 Å². The summed E-state index contributed by atoms with van der Waals surface area (Å²) in [7, 11) is 1.92. The van der Waals surface area contributed by atoms with Crippen molar-refractivity contribution in [3.8, 4) is 56.3 Å². The molecule has 0 saturated carbocycles. The van der Waals surface area contributed by atoms with Crippen molar-refractivity contribution in [2.75, 3.05) is 13.7 Å². The van der Waals surface area contributed by atoms with E-state index >= 15 is 0 Å². The molecule has 5 radical (unpaired) electrons. The first kappa shape index (κ1) is 71.5. The number of halogens is 1. The van der Waals surface area contributed by atoms with Crippen LogP contribution in [0.15, 0.2) is 224 Å². The Morgan fingerprint density at radius 1 is 0.383 bits per heavy atom. The third kappa shape index (κ3) is 23.3. The van der Waals surface area contributed by atoms with E-state index in [0.29, 0.717) is 13.0 Å². The fourth-order valence-electron chi connectivity index (χ4n) is 7.75. The molecule has 5 aromatic heterocycles. The minimum Gasteiger partial charge on any atom is -0.325 e. The average Bonchev–Trinajstić information content (AvgIpc) is 3.53. The van der Waals surface area contributed by atoms with E-state index in [9.17, 15) is 4.39 Å². The molecule has 3 N–H and O–H groups in total. The summed E-state index contributed by atoms with van der Waals surface area (Å²) < 4.78 is 12.2. The fourth-order valence-corrected chi connectivity index (χ4v) is 7.75. The zero-order chi connectivity index (χ0) is 53.0. The summed E-state index contributed by atoms with van der Waals surface area (Å²) in [5.41, 5.74) is 20.4. The summed E-state index contributed by atoms with van der Waals surface area (Å²) >= 11 is 0. The molecule has 0 bridgehead atoms. The minimum atomic E-state index is -0.366. The van der Waals surface area contributed by atoms with Crippen molar-refractivity contribution in [2.24, 2.45) is 5.73 Å². The van der Waals surface area contributed by atoms with Gasteiger partial charge in [-0.2, -0.15) is 0 Å². The van der Waals surface area contributed by atoms with Crippen LogP contribution in [0.3, 0.4) is 0 Å². The number of aromatic nitrogens is 5. The molecule has 0 atom stereocenters. The number of alkyl halides is 1. The molecule has 0 aliphatic carbocycles. The summed E-state index contributed by atoms with van der Waals surface area (Å²) in [6.07, 6.45) is 2.31. The smallest absolute Gasteiger partial charge is 0.0949 e. The second-order valence-electron chi connectivity index (χ2n) is 17.0. The Morgan fingerprint density at radius 3 is 1.17 bits per heavy atom. The summed E-state index contributed by atoms with van der Waals surface area (Å²) in [6.45, 7) is 5.13. The van der Waals surface area contributed by atoms with Crippen molar-refractivity contribution < 1.29 is 105 Å². The standard InChI is InChI=1S/C17H14N.C13H11FN.C13H13N2.C13H12N.C12H11N2.5Ir/c1-2-14-9-6-12-17(18-14)16-11-5-8-13-7-3-4-10-15(13)16;14-10-9-12-7-4-8-13(15-12)11-5-2-1-3-6-11;1-14-10-12-8-5-9-13(15-12)11-6-3-2-4-7-11;1-2-12-9-6-10-13(14-12)11-7-4-3-5-8-11;13-9-11-7-4-8-12(14-11)10-5-2-1-3-6-10;;;;;/h3-10,12H,2H2,1H3;1-5,7-8H,9-10H2;2-6,8-9,14H,10H2,1H3;3-7,9-10H,2H2,1H3;1-5,7-8H,9,13H2;;;;;/q5*-1;;;;;. The van der Waals surface area contributed by atoms with Crippen LogP contribution in [0.1, 0.15) is 42.3 Å². The van der Waals surface area contributed by atoms with E-state index in [1.165, 1.54) is 10.8 Å². The molecule has 425 valence electrons. The van der Waals surface area contributed by atoms with E-state index in [-0.39, 0.29) is 107 Å². The van der Waals surface area contributed by atoms with Crippen LogP contribution in [0.5, 0.6) is 0 Å². The van der Waals surface area contributed by atoms with Gasteiger partial charge in [-0.05, 0) is 78.7 Å². The second-order valence-corrected chi connectivity index (χ2v) is 17.0. The molecule has 5 heterocycles. The van der Waals surface area contributed by atoms with Crippen LogP contribution in [0.2, 0.25) is 0 Å². The Morgan fingerprint density at radius 2 is 0.753 bits per heavy atom. The van der Waals surface area contributed by atoms with E-state index < -0.39 is 0 Å². The average molecular weight is 1960 g/mol. The number of pyridine rings is 5. The largest absolute Gasteiger partial charge is 0.325 e. The number of nitrogens with zero attached hydrogens (tertiary/aromatic N) is 5. The van der Waals surface area contributed by atoms with Gasteiger partial charge in [0.15, 0.2) is 0 Å². The number of hydrogen-bond donors (Lipinski definition) is 2. The van der Waals surface area contributed by atoms with Gasteiger partial charge in [0.25, 0.3) is 0 Å². The zero-order valence-electron chi connectivity index (χ0n) is 45.0. The van der Waals surface area contributed by atoms with Crippen molar-refractivity contribution >= 4 is 10.8 Å². The predicted octanol–water partition coefficient (Wildman–Crippen LogP) is 14.7. The van der Waals surface area contributed by atoms with Gasteiger partial charge < -0.3 is 26.0 Å². The number of nitrogens with two attached hydrogens (primary N) is 1. The van der Waals surface area contributed by atoms with Gasteiger partial charge in [0, 0.05) is 149 Å². The van der Waals surface area contributed by atoms with E-state index in [1.807, 2.05) is 183 Å². The van der Waals surface area contributed by atoms with Gasteiger partial charge >= 0.3 is 0 Å². The molecule has 0 spiro atoms. The van der Waals surface area contributed by atoms with Crippen LogP contribution in [0.25, 0.3) is 67.1 Å². The quantitative estimate of drug-likeness (QED) is 0.117. The van der Waals surface area contributed by atoms with Crippen molar-refractivity contribution in [1.82, 2.24) is 30.2 Å². The normalized spacial score (nSPS) is 9.64. The molecule has 11 aromatic rings. The third-order valence-electron chi connectivity index (χ3n) is 11.6. The number of hydrogen-bond acceptors (Lipinski definition) is 7. The topological polar surface area (TPSA) is 102 Å². The summed E-state index contributed by atoms with van der Waals surface area (Å²) in [6, 6.07) is 89.4. The van der Waals surface area contributed by atoms with Crippen LogP contribution in [0, 0.1) is 30.3 Å². The van der Waals surface area contributed by atoms with Gasteiger partial charge in [-0.25, -0.2) is 0 Å². The van der Waals surface area contributed by atoms with Crippen LogP contribution < -0.4 is 11.1 Å². The molecule has 0 amide bonds. The van der Waals surface area contributed by atoms with E-state index in [0.717, 1.165) is 104 Å². The maximum Gasteiger partial charge on any atom is 0.0949 e. The Kier molecular flexibility index (Phi) is 35.8. The van der Waals surface area contributed by atoms with Gasteiger partial charge in [0.2, 0.25) is 0 Å². The molecule has 0 unspecified atom stereocenters. The first-order chi connectivity index (χ1) is 37.5. The van der Waals surface area contributed by atoms with Gasteiger partial charge in [-0.15, -0.1) is 173 Å². The van der Waals surface area contributed by atoms with Crippen LogP contribution in [-0.4, -0.2) is 38.6 Å². The molecule has 0 aliphatic rings. The first-order valence-electron chi connectivity index (χ1n) is 25.5. The molecule has 7 nitrogen and oxygen atoms in total. The van der Waals surface area contributed by atoms with Crippen molar-refractivity contribution in [3.05, 3.63) is 283 Å². The van der Waals surface area contributed by atoms with Gasteiger partial charge in [0.1, 0.15) is 0 Å². The molecule has 0 saturated heterocycles. The molecule has 0 aliphatic heterocycles. The van der Waals surface area contributed by atoms with Crippen molar-refractivity contribution in [1.29, 1.82) is 0 Å². The number of rotatable bonds is 12. The Balaban J connectivity index is 0.000000342. The van der Waals surface area contributed by atoms with Crippen LogP contribution >= 0.6 is 0 Å². The first-order valence-corrected chi connectivity index (χ1v) is 25.5. The molecule has 81 heavy (non-hydrogen) atoms. The number of benzene rings is 6. The van der Waals surface area contributed by atoms with Crippen LogP contribution in [0.4, 0.5) is 4.39 Å². The molecular weight excluding hydrogens is 1890 g/mol. The fraction of sp³-hybridized carbons (Fsp3) is 0.132. The van der Waals surface area contributed by atoms with Gasteiger partial charge in [-0.1, -0.05) is 104 Å². The Hall–Kier alpha value is -5.57. The molecule has 0 fully saturated rings. The number of nitrogens with one attached hydrogen (secondary N) is 1. The van der Waals surface area contributed by atoms with E-state index in [2.05, 4.69) is 123 Å². The van der Waals surface area contributed by atoms with Gasteiger partial charge in [-0.3, -0.25) is 14.4 Å². The van der Waals surface area contributed by atoms with Crippen LogP contribution in [-0.2, 0) is 133 Å². The molecule has 11 rings (SSSR count). The van der Waals surface area contributed by atoms with Crippen molar-refractivity contribution in [2.45, 2.75) is 46.2 Å². The third-order valence-corrected chi connectivity index (χ3v) is 11.6. The van der Waals surface area contributed by atoms with E-state index in [4.69, 9.17) is 5.73 Å². The monoisotopic (exact) mass is 1960 g/mol. The maximum absolute atomic E-state index is 12.2. The summed E-state index contributed by atoms with van der Waals surface area (Å²) in [5, 5.41) is 5.53. The van der Waals surface area contributed by atoms with Gasteiger partial charge in [0.05, 0.1) is 6.67 Å². The maximum atomic E-state index is 12.2. The van der Waals surface area contributed by atoms with E-state index in [1.54, 1.807) is 0 Å². The number of fused-ring (bicyclic) bond motifs is 1. The SMILES string of the molecule is CCc1cccc(-c2[c-]ccc3ccccc23)n1.CCc1cccc(-c2[c-]cccc2)n1.CNCc1cccc(-c2[c-]cccc2)n1.FCCc1cccc(-c2[c-]cccc2)n1.NCc1cccc(-c2[c-]cccc2)n1.[Ir].[Ir].[Ir].[Ir].[Ir]. The Labute approximate surface area is 545 Å². The number of aryl methyl sites for hydroxylation is 3. The zero-order valence-corrected chi connectivity index (χ0v) is 56.9. The minimum absolute atomic E-state index is 0. The summed E-state index contributed by atoms with van der Waals surface area (Å²) in [4.78, 5) is 22.5. The molecule has 13 heteroatoms. The second kappa shape index (κ2) is 40.6. The predicted molar refractivity (Wildman–Crippen MR) is 309 cm³/mol. The summed E-state index contributed by atoms with van der Waals surface area (Å²) in [5.74, 6) is 0. The Bertz CT molecular complexity index is 3260.